The van der Waals surface area contributed by atoms with Crippen LogP contribution in [0.15, 0.2) is 28.2 Å². The number of carbonyl (C=O) groups excluding carboxylic acids is 2. The molecule has 1 aromatic rings. The maximum Gasteiger partial charge on any atom is 0.263 e. The number of amides is 2. The van der Waals surface area contributed by atoms with Gasteiger partial charge in [-0.15, -0.1) is 0 Å². The number of ether oxygens (including phenoxy) is 1. The van der Waals surface area contributed by atoms with Crippen molar-refractivity contribution in [2.24, 2.45) is 0 Å². The second kappa shape index (κ2) is 6.36. The number of nitrogens with one attached hydrogen (secondary N) is 2. The number of rotatable bonds is 3. The van der Waals surface area contributed by atoms with Gasteiger partial charge in [0.05, 0.1) is 10.6 Å². The van der Waals surface area contributed by atoms with E-state index in [0.29, 0.717) is 11.3 Å². The summed E-state index contributed by atoms with van der Waals surface area (Å²) in [4.78, 5) is 23.5. The summed E-state index contributed by atoms with van der Waals surface area (Å²) in [6.07, 6.45) is 1.55. The molecule has 0 aromatic heterocycles. The van der Waals surface area contributed by atoms with Gasteiger partial charge in [-0.05, 0) is 65.8 Å². The molecule has 2 amide bonds. The maximum atomic E-state index is 11.8. The van der Waals surface area contributed by atoms with Crippen molar-refractivity contribution in [3.05, 3.63) is 33.8 Å². The van der Waals surface area contributed by atoms with Gasteiger partial charge in [0.15, 0.2) is 5.11 Å². The van der Waals surface area contributed by atoms with E-state index in [2.05, 4.69) is 26.6 Å². The lowest BCUT2D eigenvalue weighted by Gasteiger charge is -2.16. The molecular weight excluding hydrogens is 356 g/mol. The maximum absolute atomic E-state index is 11.8. The highest BCUT2D eigenvalue weighted by Crippen LogP contribution is 2.28. The summed E-state index contributed by atoms with van der Waals surface area (Å²) < 4.78 is 6.35. The number of halogens is 1. The molecule has 21 heavy (non-hydrogen) atoms. The molecule has 2 rings (SSSR count). The minimum absolute atomic E-state index is 0.00743. The van der Waals surface area contributed by atoms with Gasteiger partial charge in [0, 0.05) is 0 Å². The Labute approximate surface area is 135 Å². The predicted molar refractivity (Wildman–Crippen MR) is 86.8 cm³/mol. The Kier molecular flexibility index (Phi) is 4.74. The fourth-order valence-corrected chi connectivity index (χ4v) is 2.40. The van der Waals surface area contributed by atoms with Gasteiger partial charge in [-0.1, -0.05) is 6.07 Å². The zero-order valence-corrected chi connectivity index (χ0v) is 13.8. The van der Waals surface area contributed by atoms with E-state index in [1.54, 1.807) is 18.2 Å². The predicted octanol–water partition coefficient (Wildman–Crippen LogP) is 2.15. The van der Waals surface area contributed by atoms with E-state index in [0.717, 1.165) is 4.47 Å². The van der Waals surface area contributed by atoms with Gasteiger partial charge >= 0.3 is 0 Å². The van der Waals surface area contributed by atoms with Crippen LogP contribution in [0.4, 0.5) is 0 Å². The van der Waals surface area contributed by atoms with Crippen LogP contribution in [0.3, 0.4) is 0 Å². The van der Waals surface area contributed by atoms with Gasteiger partial charge in [-0.3, -0.25) is 20.2 Å². The van der Waals surface area contributed by atoms with Crippen molar-refractivity contribution in [3.63, 3.8) is 0 Å². The quantitative estimate of drug-likeness (QED) is 0.487. The van der Waals surface area contributed by atoms with Crippen LogP contribution in [0.5, 0.6) is 5.75 Å². The van der Waals surface area contributed by atoms with Crippen LogP contribution in [0.25, 0.3) is 6.08 Å². The number of thiocarbonyl (C=S) groups is 1. The van der Waals surface area contributed by atoms with Gasteiger partial charge < -0.3 is 4.74 Å². The van der Waals surface area contributed by atoms with E-state index < -0.39 is 11.8 Å². The van der Waals surface area contributed by atoms with Crippen molar-refractivity contribution in [2.75, 3.05) is 0 Å². The van der Waals surface area contributed by atoms with Crippen LogP contribution >= 0.6 is 28.1 Å². The first-order chi connectivity index (χ1) is 9.86. The number of benzene rings is 1. The highest BCUT2D eigenvalue weighted by atomic mass is 79.9. The SMILES string of the molecule is CC(C)Oc1ccc(C=C2C(=O)NC(=S)NC2=O)cc1Br. The largest absolute Gasteiger partial charge is 0.490 e. The van der Waals surface area contributed by atoms with Crippen molar-refractivity contribution >= 4 is 51.2 Å². The average molecular weight is 369 g/mol. The average Bonchev–Trinajstić information content (AvgIpc) is 2.36. The first-order valence-corrected chi connectivity index (χ1v) is 7.41. The molecule has 0 bridgehead atoms. The Morgan fingerprint density at radius 2 is 1.86 bits per heavy atom. The molecule has 1 aliphatic heterocycles. The first-order valence-electron chi connectivity index (χ1n) is 6.21. The van der Waals surface area contributed by atoms with E-state index in [-0.39, 0.29) is 16.8 Å². The Morgan fingerprint density at radius 1 is 1.24 bits per heavy atom. The van der Waals surface area contributed by atoms with Crippen molar-refractivity contribution in [3.8, 4) is 5.75 Å². The van der Waals surface area contributed by atoms with Gasteiger partial charge in [-0.2, -0.15) is 0 Å². The third kappa shape index (κ3) is 3.89. The summed E-state index contributed by atoms with van der Waals surface area (Å²) in [7, 11) is 0. The molecule has 0 aliphatic carbocycles. The molecule has 0 atom stereocenters. The van der Waals surface area contributed by atoms with E-state index >= 15 is 0 Å². The molecule has 2 N–H and O–H groups in total. The second-order valence-corrected chi connectivity index (χ2v) is 5.91. The van der Waals surface area contributed by atoms with Crippen LogP contribution in [0.1, 0.15) is 19.4 Å². The lowest BCUT2D eigenvalue weighted by atomic mass is 10.1. The molecule has 1 aliphatic rings. The van der Waals surface area contributed by atoms with E-state index in [4.69, 9.17) is 17.0 Å². The van der Waals surface area contributed by atoms with Crippen LogP contribution < -0.4 is 15.4 Å². The Bertz CT molecular complexity index is 634. The Balaban J connectivity index is 2.28. The highest BCUT2D eigenvalue weighted by Gasteiger charge is 2.25. The summed E-state index contributed by atoms with van der Waals surface area (Å²) in [5.41, 5.74) is 0.708. The Morgan fingerprint density at radius 3 is 2.38 bits per heavy atom. The van der Waals surface area contributed by atoms with Crippen LogP contribution in [-0.2, 0) is 9.59 Å². The van der Waals surface area contributed by atoms with Gasteiger partial charge in [0.2, 0.25) is 0 Å². The fourth-order valence-electron chi connectivity index (χ4n) is 1.73. The van der Waals surface area contributed by atoms with E-state index in [9.17, 15) is 9.59 Å². The molecule has 7 heteroatoms. The number of carbonyl (C=O) groups is 2. The normalized spacial score (nSPS) is 14.9. The summed E-state index contributed by atoms with van der Waals surface area (Å²) in [6.45, 7) is 3.86. The molecule has 1 heterocycles. The molecule has 5 nitrogen and oxygen atoms in total. The Hall–Kier alpha value is -1.73. The van der Waals surface area contributed by atoms with E-state index in [1.807, 2.05) is 13.8 Å². The third-order valence-electron chi connectivity index (χ3n) is 2.57. The highest BCUT2D eigenvalue weighted by molar-refractivity contribution is 9.10. The lowest BCUT2D eigenvalue weighted by Crippen LogP contribution is -2.51. The standard InChI is InChI=1S/C14H13BrN2O3S/c1-7(2)20-11-4-3-8(6-10(11)15)5-9-12(18)16-14(21)17-13(9)19/h3-7H,1-2H3,(H2,16,17,18,19,21). The molecule has 0 unspecified atom stereocenters. The van der Waals surface area contributed by atoms with Crippen molar-refractivity contribution < 1.29 is 14.3 Å². The van der Waals surface area contributed by atoms with Crippen LogP contribution in [0, 0.1) is 0 Å². The molecular formula is C14H13BrN2O3S. The molecule has 0 saturated carbocycles. The molecule has 110 valence electrons. The minimum atomic E-state index is -0.512. The fraction of sp³-hybridized carbons (Fsp3) is 0.214. The monoisotopic (exact) mass is 368 g/mol. The van der Waals surface area contributed by atoms with Crippen molar-refractivity contribution in [1.82, 2.24) is 10.6 Å². The summed E-state index contributed by atoms with van der Waals surface area (Å²) in [5, 5.41) is 4.79. The van der Waals surface area contributed by atoms with Crippen LogP contribution in [0.2, 0.25) is 0 Å². The van der Waals surface area contributed by atoms with Gasteiger partial charge in [-0.25, -0.2) is 0 Å². The lowest BCUT2D eigenvalue weighted by molar-refractivity contribution is -0.123. The van der Waals surface area contributed by atoms with Crippen LogP contribution in [-0.4, -0.2) is 23.0 Å². The van der Waals surface area contributed by atoms with Crippen molar-refractivity contribution in [2.45, 2.75) is 20.0 Å². The molecule has 1 aromatic carbocycles. The van der Waals surface area contributed by atoms with Gasteiger partial charge in [0.25, 0.3) is 11.8 Å². The number of hydrogen-bond acceptors (Lipinski definition) is 4. The van der Waals surface area contributed by atoms with Gasteiger partial charge in [0.1, 0.15) is 11.3 Å². The second-order valence-electron chi connectivity index (χ2n) is 4.65. The molecule has 1 fully saturated rings. The molecule has 0 radical (unpaired) electrons. The zero-order chi connectivity index (χ0) is 15.6. The molecule has 1 saturated heterocycles. The smallest absolute Gasteiger partial charge is 0.263 e. The minimum Gasteiger partial charge on any atom is -0.490 e. The summed E-state index contributed by atoms with van der Waals surface area (Å²) >= 11 is 8.14. The summed E-state index contributed by atoms with van der Waals surface area (Å²) in [5.74, 6) is -0.323. The van der Waals surface area contributed by atoms with E-state index in [1.165, 1.54) is 6.08 Å². The van der Waals surface area contributed by atoms with Crippen molar-refractivity contribution in [1.29, 1.82) is 0 Å². The molecule has 0 spiro atoms. The first kappa shape index (κ1) is 15.7. The topological polar surface area (TPSA) is 67.4 Å². The number of hydrogen-bond donors (Lipinski definition) is 2. The summed E-state index contributed by atoms with van der Waals surface area (Å²) in [6, 6.07) is 5.32. The zero-order valence-electron chi connectivity index (χ0n) is 11.4. The third-order valence-corrected chi connectivity index (χ3v) is 3.40.